The third-order valence-electron chi connectivity index (χ3n) is 4.14. The molecule has 0 radical (unpaired) electrons. The lowest BCUT2D eigenvalue weighted by atomic mass is 10.2. The maximum Gasteiger partial charge on any atom is 0.251 e. The number of nitriles is 1. The Bertz CT molecular complexity index is 1020. The molecule has 152 valence electrons. The van der Waals surface area contributed by atoms with Crippen LogP contribution in [-0.4, -0.2) is 44.2 Å². The molecule has 2 rings (SSSR count). The normalized spacial score (nSPS) is 11.0. The van der Waals surface area contributed by atoms with Crippen LogP contribution in [0.1, 0.15) is 29.8 Å². The van der Waals surface area contributed by atoms with Gasteiger partial charge in [0.15, 0.2) is 0 Å². The van der Waals surface area contributed by atoms with E-state index in [1.165, 1.54) is 34.6 Å². The summed E-state index contributed by atoms with van der Waals surface area (Å²) in [6, 6.07) is 13.9. The second-order valence-electron chi connectivity index (χ2n) is 6.04. The Morgan fingerprint density at radius 3 is 2.31 bits per heavy atom. The summed E-state index contributed by atoms with van der Waals surface area (Å²) in [5.41, 5.74) is 1.10. The SMILES string of the molecule is CCN(CC)S(=O)(=O)c1ccc(C(=O)NCC(=O)Nc2cccc(C#N)c2)cc1. The molecular formula is C20H22N4O4S. The highest BCUT2D eigenvalue weighted by molar-refractivity contribution is 7.89. The van der Waals surface area contributed by atoms with Gasteiger partial charge in [0.05, 0.1) is 23.1 Å². The summed E-state index contributed by atoms with van der Waals surface area (Å²) in [6.45, 7) is 3.95. The van der Waals surface area contributed by atoms with Gasteiger partial charge in [0.25, 0.3) is 5.91 Å². The molecule has 0 unspecified atom stereocenters. The number of hydrogen-bond acceptors (Lipinski definition) is 5. The van der Waals surface area contributed by atoms with E-state index in [4.69, 9.17) is 5.26 Å². The van der Waals surface area contributed by atoms with Gasteiger partial charge in [0.2, 0.25) is 15.9 Å². The van der Waals surface area contributed by atoms with Crippen molar-refractivity contribution in [3.8, 4) is 6.07 Å². The van der Waals surface area contributed by atoms with Gasteiger partial charge in [-0.1, -0.05) is 19.9 Å². The molecule has 2 aromatic carbocycles. The summed E-state index contributed by atoms with van der Waals surface area (Å²) in [5, 5.41) is 13.9. The van der Waals surface area contributed by atoms with Crippen LogP contribution >= 0.6 is 0 Å². The fraction of sp³-hybridized carbons (Fsp3) is 0.250. The number of carbonyl (C=O) groups is 2. The van der Waals surface area contributed by atoms with Gasteiger partial charge in [-0.3, -0.25) is 9.59 Å². The number of sulfonamides is 1. The first-order valence-electron chi connectivity index (χ1n) is 9.00. The standard InChI is InChI=1S/C20H22N4O4S/c1-3-24(4-2)29(27,28)18-10-8-16(9-11-18)20(26)22-14-19(25)23-17-7-5-6-15(12-17)13-21/h5-12H,3-4,14H2,1-2H3,(H,22,26)(H,23,25). The van der Waals surface area contributed by atoms with Crippen LogP contribution in [0.3, 0.4) is 0 Å². The van der Waals surface area contributed by atoms with Crippen molar-refractivity contribution < 1.29 is 18.0 Å². The molecule has 0 aliphatic carbocycles. The molecule has 0 aliphatic rings. The molecule has 0 spiro atoms. The predicted molar refractivity (Wildman–Crippen MR) is 109 cm³/mol. The maximum atomic E-state index is 12.5. The largest absolute Gasteiger partial charge is 0.343 e. The zero-order valence-electron chi connectivity index (χ0n) is 16.2. The van der Waals surface area contributed by atoms with E-state index < -0.39 is 21.8 Å². The Balaban J connectivity index is 1.97. The van der Waals surface area contributed by atoms with Gasteiger partial charge in [-0.2, -0.15) is 9.57 Å². The molecule has 0 atom stereocenters. The first-order valence-corrected chi connectivity index (χ1v) is 10.4. The summed E-state index contributed by atoms with van der Waals surface area (Å²) >= 11 is 0. The zero-order valence-corrected chi connectivity index (χ0v) is 17.0. The molecule has 0 saturated carbocycles. The van der Waals surface area contributed by atoms with Crippen LogP contribution in [0.4, 0.5) is 5.69 Å². The highest BCUT2D eigenvalue weighted by Crippen LogP contribution is 2.16. The Labute approximate surface area is 170 Å². The van der Waals surface area contributed by atoms with Gasteiger partial charge < -0.3 is 10.6 Å². The van der Waals surface area contributed by atoms with Crippen LogP contribution in [0.25, 0.3) is 0 Å². The van der Waals surface area contributed by atoms with Crippen molar-refractivity contribution in [1.82, 2.24) is 9.62 Å². The summed E-state index contributed by atoms with van der Waals surface area (Å²) in [7, 11) is -3.60. The van der Waals surface area contributed by atoms with Crippen molar-refractivity contribution in [1.29, 1.82) is 5.26 Å². The van der Waals surface area contributed by atoms with Gasteiger partial charge in [0, 0.05) is 24.3 Å². The molecule has 29 heavy (non-hydrogen) atoms. The summed E-state index contributed by atoms with van der Waals surface area (Å²) in [6.07, 6.45) is 0. The van der Waals surface area contributed by atoms with Crippen molar-refractivity contribution >= 4 is 27.5 Å². The molecule has 2 aromatic rings. The van der Waals surface area contributed by atoms with E-state index in [1.54, 1.807) is 32.0 Å². The molecule has 8 nitrogen and oxygen atoms in total. The van der Waals surface area contributed by atoms with E-state index in [2.05, 4.69) is 10.6 Å². The zero-order chi connectivity index (χ0) is 21.4. The predicted octanol–water partition coefficient (Wildman–Crippen LogP) is 1.96. The van der Waals surface area contributed by atoms with Crippen LogP contribution in [0.2, 0.25) is 0 Å². The number of carbonyl (C=O) groups excluding carboxylic acids is 2. The molecule has 2 N–H and O–H groups in total. The van der Waals surface area contributed by atoms with Crippen molar-refractivity contribution in [2.45, 2.75) is 18.7 Å². The van der Waals surface area contributed by atoms with Gasteiger partial charge in [-0.05, 0) is 42.5 Å². The fourth-order valence-electron chi connectivity index (χ4n) is 2.63. The summed E-state index contributed by atoms with van der Waals surface area (Å²) < 4.78 is 26.3. The molecular weight excluding hydrogens is 392 g/mol. The molecule has 0 saturated heterocycles. The average Bonchev–Trinajstić information content (AvgIpc) is 2.73. The fourth-order valence-corrected chi connectivity index (χ4v) is 4.08. The lowest BCUT2D eigenvalue weighted by molar-refractivity contribution is -0.115. The van der Waals surface area contributed by atoms with Crippen LogP contribution in [0.5, 0.6) is 0 Å². The van der Waals surface area contributed by atoms with Gasteiger partial charge in [-0.15, -0.1) is 0 Å². The smallest absolute Gasteiger partial charge is 0.251 e. The number of rotatable bonds is 8. The van der Waals surface area contributed by atoms with Crippen LogP contribution in [0.15, 0.2) is 53.4 Å². The van der Waals surface area contributed by atoms with E-state index in [1.807, 2.05) is 6.07 Å². The number of anilines is 1. The Morgan fingerprint density at radius 2 is 1.72 bits per heavy atom. The maximum absolute atomic E-state index is 12.5. The monoisotopic (exact) mass is 414 g/mol. The minimum atomic E-state index is -3.60. The molecule has 0 aromatic heterocycles. The lowest BCUT2D eigenvalue weighted by Gasteiger charge is -2.18. The summed E-state index contributed by atoms with van der Waals surface area (Å²) in [4.78, 5) is 24.3. The molecule has 2 amide bonds. The topological polar surface area (TPSA) is 119 Å². The quantitative estimate of drug-likeness (QED) is 0.684. The molecule has 0 aliphatic heterocycles. The minimum Gasteiger partial charge on any atom is -0.343 e. The van der Waals surface area contributed by atoms with Crippen molar-refractivity contribution in [3.05, 3.63) is 59.7 Å². The number of hydrogen-bond donors (Lipinski definition) is 2. The van der Waals surface area contributed by atoms with Crippen molar-refractivity contribution in [2.24, 2.45) is 0 Å². The summed E-state index contributed by atoms with van der Waals surface area (Å²) in [5.74, 6) is -0.952. The third kappa shape index (κ3) is 5.63. The Kier molecular flexibility index (Phi) is 7.47. The molecule has 9 heteroatoms. The van der Waals surface area contributed by atoms with Crippen LogP contribution in [-0.2, 0) is 14.8 Å². The van der Waals surface area contributed by atoms with Gasteiger partial charge in [-0.25, -0.2) is 8.42 Å². The number of amides is 2. The first kappa shape index (κ1) is 22.1. The van der Waals surface area contributed by atoms with E-state index in [-0.39, 0.29) is 17.0 Å². The van der Waals surface area contributed by atoms with E-state index in [0.717, 1.165) is 0 Å². The second-order valence-corrected chi connectivity index (χ2v) is 7.98. The molecule has 0 bridgehead atoms. The van der Waals surface area contributed by atoms with E-state index in [9.17, 15) is 18.0 Å². The van der Waals surface area contributed by atoms with E-state index in [0.29, 0.717) is 24.3 Å². The Hall–Kier alpha value is -3.22. The second kappa shape index (κ2) is 9.82. The van der Waals surface area contributed by atoms with Crippen molar-refractivity contribution in [2.75, 3.05) is 25.0 Å². The first-order chi connectivity index (χ1) is 13.8. The highest BCUT2D eigenvalue weighted by atomic mass is 32.2. The van der Waals surface area contributed by atoms with Crippen LogP contribution in [0, 0.1) is 11.3 Å². The van der Waals surface area contributed by atoms with Crippen LogP contribution < -0.4 is 10.6 Å². The van der Waals surface area contributed by atoms with Crippen molar-refractivity contribution in [3.63, 3.8) is 0 Å². The number of nitrogens with zero attached hydrogens (tertiary/aromatic N) is 2. The number of benzene rings is 2. The minimum absolute atomic E-state index is 0.105. The third-order valence-corrected chi connectivity index (χ3v) is 6.21. The molecule has 0 heterocycles. The van der Waals surface area contributed by atoms with E-state index >= 15 is 0 Å². The lowest BCUT2D eigenvalue weighted by Crippen LogP contribution is -2.33. The van der Waals surface area contributed by atoms with Gasteiger partial charge >= 0.3 is 0 Å². The number of nitrogens with one attached hydrogen (secondary N) is 2. The highest BCUT2D eigenvalue weighted by Gasteiger charge is 2.21. The molecule has 0 fully saturated rings. The average molecular weight is 414 g/mol. The Morgan fingerprint density at radius 1 is 1.07 bits per heavy atom. The van der Waals surface area contributed by atoms with Gasteiger partial charge in [0.1, 0.15) is 0 Å².